The molecule has 7 nitrogen and oxygen atoms in total. The second-order valence-corrected chi connectivity index (χ2v) is 8.71. The highest BCUT2D eigenvalue weighted by Crippen LogP contribution is 2.42. The molecule has 4 aromatic rings. The van der Waals surface area contributed by atoms with E-state index in [0.717, 1.165) is 41.9 Å². The van der Waals surface area contributed by atoms with E-state index in [1.54, 1.807) is 12.1 Å². The summed E-state index contributed by atoms with van der Waals surface area (Å²) in [6.07, 6.45) is 2.25. The van der Waals surface area contributed by atoms with Crippen molar-refractivity contribution >= 4 is 28.5 Å². The molecule has 1 aliphatic heterocycles. The normalized spacial score (nSPS) is 16.1. The SMILES string of the molecule is Cc1c(-c2ccccc2)c(N2CCCC2N(C)C)n2c(nc3c(C(=O)O)cccc32)c1C#N. The van der Waals surface area contributed by atoms with Gasteiger partial charge in [0.2, 0.25) is 0 Å². The lowest BCUT2D eigenvalue weighted by Gasteiger charge is -2.34. The number of fused-ring (bicyclic) bond motifs is 3. The van der Waals surface area contributed by atoms with Crippen molar-refractivity contribution in [2.75, 3.05) is 25.5 Å². The van der Waals surface area contributed by atoms with Crippen LogP contribution < -0.4 is 4.90 Å². The van der Waals surface area contributed by atoms with Crippen molar-refractivity contribution in [1.82, 2.24) is 14.3 Å². The molecule has 1 saturated heterocycles. The smallest absolute Gasteiger partial charge is 0.337 e. The van der Waals surface area contributed by atoms with Crippen LogP contribution in [0.3, 0.4) is 0 Å². The number of carboxylic acids is 1. The van der Waals surface area contributed by atoms with Crippen LogP contribution in [0.5, 0.6) is 0 Å². The first kappa shape index (κ1) is 21.0. The van der Waals surface area contributed by atoms with E-state index in [2.05, 4.69) is 42.1 Å². The molecule has 166 valence electrons. The van der Waals surface area contributed by atoms with E-state index in [1.165, 1.54) is 0 Å². The molecule has 1 atom stereocenters. The van der Waals surface area contributed by atoms with Crippen molar-refractivity contribution in [2.45, 2.75) is 25.9 Å². The van der Waals surface area contributed by atoms with Gasteiger partial charge >= 0.3 is 5.97 Å². The first-order valence-electron chi connectivity index (χ1n) is 11.0. The molecule has 2 aromatic heterocycles. The molecule has 0 amide bonds. The zero-order valence-electron chi connectivity index (χ0n) is 18.9. The Morgan fingerprint density at radius 2 is 1.94 bits per heavy atom. The number of imidazole rings is 1. The quantitative estimate of drug-likeness (QED) is 0.503. The average Bonchev–Trinajstić information content (AvgIpc) is 3.44. The molecule has 5 rings (SSSR count). The number of hydrogen-bond donors (Lipinski definition) is 1. The molecule has 1 N–H and O–H groups in total. The van der Waals surface area contributed by atoms with Gasteiger partial charge in [-0.2, -0.15) is 5.26 Å². The molecule has 1 aliphatic rings. The molecule has 0 bridgehead atoms. The average molecular weight is 440 g/mol. The fourth-order valence-electron chi connectivity index (χ4n) is 5.12. The number of carbonyl (C=O) groups is 1. The number of nitriles is 1. The number of anilines is 1. The zero-order chi connectivity index (χ0) is 23.3. The molecule has 1 unspecified atom stereocenters. The summed E-state index contributed by atoms with van der Waals surface area (Å²) in [4.78, 5) is 21.3. The van der Waals surface area contributed by atoms with Gasteiger partial charge in [-0.05, 0) is 57.1 Å². The van der Waals surface area contributed by atoms with Crippen LogP contribution >= 0.6 is 0 Å². The predicted molar refractivity (Wildman–Crippen MR) is 129 cm³/mol. The third kappa shape index (κ3) is 3.14. The van der Waals surface area contributed by atoms with E-state index >= 15 is 0 Å². The van der Waals surface area contributed by atoms with E-state index in [-0.39, 0.29) is 11.7 Å². The maximum Gasteiger partial charge on any atom is 0.337 e. The van der Waals surface area contributed by atoms with Crippen LogP contribution in [0.15, 0.2) is 48.5 Å². The summed E-state index contributed by atoms with van der Waals surface area (Å²) in [7, 11) is 4.15. The molecule has 3 heterocycles. The predicted octanol–water partition coefficient (Wildman–Crippen LogP) is 4.52. The van der Waals surface area contributed by atoms with Gasteiger partial charge in [0, 0.05) is 12.1 Å². The van der Waals surface area contributed by atoms with Crippen molar-refractivity contribution in [3.8, 4) is 17.2 Å². The first-order valence-corrected chi connectivity index (χ1v) is 11.0. The van der Waals surface area contributed by atoms with Crippen LogP contribution in [0, 0.1) is 18.3 Å². The molecule has 1 fully saturated rings. The Kier molecular flexibility index (Phi) is 5.03. The third-order valence-corrected chi connectivity index (χ3v) is 6.59. The van der Waals surface area contributed by atoms with Crippen molar-refractivity contribution in [2.24, 2.45) is 0 Å². The lowest BCUT2D eigenvalue weighted by atomic mass is 9.97. The van der Waals surface area contributed by atoms with Gasteiger partial charge in [-0.15, -0.1) is 0 Å². The molecule has 0 aliphatic carbocycles. The van der Waals surface area contributed by atoms with E-state index in [1.807, 2.05) is 35.6 Å². The Balaban J connectivity index is 2.01. The second kappa shape index (κ2) is 7.91. The van der Waals surface area contributed by atoms with Crippen LogP contribution in [0.4, 0.5) is 5.82 Å². The number of para-hydroxylation sites is 1. The molecular weight excluding hydrogens is 414 g/mol. The monoisotopic (exact) mass is 439 g/mol. The Morgan fingerprint density at radius 3 is 2.61 bits per heavy atom. The maximum absolute atomic E-state index is 12.0. The van der Waals surface area contributed by atoms with Crippen LogP contribution in [-0.4, -0.2) is 52.2 Å². The Labute approximate surface area is 192 Å². The number of aromatic nitrogens is 2. The molecule has 0 spiro atoms. The topological polar surface area (TPSA) is 84.9 Å². The van der Waals surface area contributed by atoms with Gasteiger partial charge in [0.1, 0.15) is 17.4 Å². The van der Waals surface area contributed by atoms with E-state index in [9.17, 15) is 15.2 Å². The molecule has 0 saturated carbocycles. The van der Waals surface area contributed by atoms with Crippen LogP contribution in [0.25, 0.3) is 27.8 Å². The lowest BCUT2D eigenvalue weighted by Crippen LogP contribution is -2.41. The highest BCUT2D eigenvalue weighted by molar-refractivity contribution is 6.03. The number of rotatable bonds is 4. The van der Waals surface area contributed by atoms with Crippen molar-refractivity contribution in [3.63, 3.8) is 0 Å². The number of pyridine rings is 1. The van der Waals surface area contributed by atoms with Gasteiger partial charge in [-0.3, -0.25) is 9.30 Å². The van der Waals surface area contributed by atoms with E-state index < -0.39 is 5.97 Å². The van der Waals surface area contributed by atoms with E-state index in [0.29, 0.717) is 22.2 Å². The minimum absolute atomic E-state index is 0.135. The van der Waals surface area contributed by atoms with Crippen LogP contribution in [-0.2, 0) is 0 Å². The summed E-state index contributed by atoms with van der Waals surface area (Å²) < 4.78 is 2.00. The fourth-order valence-corrected chi connectivity index (χ4v) is 5.12. The number of benzene rings is 2. The summed E-state index contributed by atoms with van der Waals surface area (Å²) in [6.45, 7) is 2.82. The minimum Gasteiger partial charge on any atom is -0.478 e. The number of nitrogens with zero attached hydrogens (tertiary/aromatic N) is 5. The minimum atomic E-state index is -1.03. The van der Waals surface area contributed by atoms with Crippen molar-refractivity contribution in [1.29, 1.82) is 5.26 Å². The first-order chi connectivity index (χ1) is 15.9. The summed E-state index contributed by atoms with van der Waals surface area (Å²) in [5.41, 5.74) is 5.03. The highest BCUT2D eigenvalue weighted by atomic mass is 16.4. The summed E-state index contributed by atoms with van der Waals surface area (Å²) in [5.74, 6) is -0.0784. The Hall–Kier alpha value is -3.89. The summed E-state index contributed by atoms with van der Waals surface area (Å²) in [6, 6.07) is 17.6. The van der Waals surface area contributed by atoms with Gasteiger partial charge < -0.3 is 10.0 Å². The van der Waals surface area contributed by atoms with Gasteiger partial charge in [-0.1, -0.05) is 36.4 Å². The third-order valence-electron chi connectivity index (χ3n) is 6.59. The van der Waals surface area contributed by atoms with E-state index in [4.69, 9.17) is 4.98 Å². The largest absolute Gasteiger partial charge is 0.478 e. The van der Waals surface area contributed by atoms with Gasteiger partial charge in [0.15, 0.2) is 5.65 Å². The van der Waals surface area contributed by atoms with Gasteiger partial charge in [-0.25, -0.2) is 9.78 Å². The number of hydrogen-bond acceptors (Lipinski definition) is 5. The Bertz CT molecular complexity index is 1430. The molecule has 2 aromatic carbocycles. The van der Waals surface area contributed by atoms with Gasteiger partial charge in [0.25, 0.3) is 0 Å². The summed E-state index contributed by atoms with van der Waals surface area (Å²) in [5, 5.41) is 19.9. The van der Waals surface area contributed by atoms with Crippen LogP contribution in [0.1, 0.15) is 34.3 Å². The van der Waals surface area contributed by atoms with Crippen molar-refractivity contribution in [3.05, 3.63) is 65.2 Å². The van der Waals surface area contributed by atoms with Crippen LogP contribution in [0.2, 0.25) is 0 Å². The van der Waals surface area contributed by atoms with Crippen molar-refractivity contribution < 1.29 is 9.90 Å². The lowest BCUT2D eigenvalue weighted by molar-refractivity contribution is 0.0699. The number of carboxylic acid groups (broad SMARTS) is 1. The fraction of sp³-hybridized carbons (Fsp3) is 0.269. The summed E-state index contributed by atoms with van der Waals surface area (Å²) >= 11 is 0. The highest BCUT2D eigenvalue weighted by Gasteiger charge is 2.33. The molecule has 0 radical (unpaired) electrons. The molecule has 33 heavy (non-hydrogen) atoms. The molecular formula is C26H25N5O2. The zero-order valence-corrected chi connectivity index (χ0v) is 18.9. The second-order valence-electron chi connectivity index (χ2n) is 8.71. The maximum atomic E-state index is 12.0. The number of aromatic carboxylic acids is 1. The standard InChI is InChI=1S/C26H25N5O2/c1-16-19(15-27)24-28-23-18(26(32)33)11-7-12-20(23)31(24)25(22(16)17-9-5-4-6-10-17)30-14-8-13-21(30)29(2)3/h4-7,9-12,21H,8,13-14H2,1-3H3,(H,32,33). The molecule has 7 heteroatoms. The Morgan fingerprint density at radius 1 is 1.18 bits per heavy atom. The van der Waals surface area contributed by atoms with Gasteiger partial charge in [0.05, 0.1) is 22.8 Å².